The predicted octanol–water partition coefficient (Wildman–Crippen LogP) is 0.890. The van der Waals surface area contributed by atoms with E-state index in [1.54, 1.807) is 11.6 Å². The third kappa shape index (κ3) is 2.65. The second-order valence-electron chi connectivity index (χ2n) is 0.751. The van der Waals surface area contributed by atoms with Gasteiger partial charge in [-0.2, -0.15) is 10.5 Å². The number of nitriles is 2. The maximum absolute atomic E-state index is 7.96. The molecule has 0 amide bonds. The molecule has 0 fully saturated rings. The summed E-state index contributed by atoms with van der Waals surface area (Å²) < 4.78 is 0. The number of hydrogen-bond acceptors (Lipinski definition) is 4. The highest BCUT2D eigenvalue weighted by Gasteiger charge is 1.89. The molecule has 0 radical (unpaired) electrons. The van der Waals surface area contributed by atoms with E-state index in [9.17, 15) is 0 Å². The zero-order valence-electron chi connectivity index (χ0n) is 3.16. The molecule has 5 heteroatoms. The summed E-state index contributed by atoms with van der Waals surface area (Å²) in [5, 5.41) is 13.3. The zero-order valence-corrected chi connectivity index (χ0v) is 5.69. The fourth-order valence-electron chi connectivity index (χ4n) is 0.0224. The van der Waals surface area contributed by atoms with Crippen LogP contribution in [-0.2, 0) is 24.1 Å². The standard InChI is InChI=1S/C2HN2PS2/c3-1-5(6,7)2-4/h(H,6,7)/p-1. The molecule has 7 heavy (non-hydrogen) atoms. The average Bonchev–Trinajstić information content (AvgIpc) is 1.68. The lowest BCUT2D eigenvalue weighted by Gasteiger charge is -2.03. The molecule has 0 aromatic carbocycles. The summed E-state index contributed by atoms with van der Waals surface area (Å²) in [7, 11) is 0. The van der Waals surface area contributed by atoms with Crippen molar-refractivity contribution in [3.63, 3.8) is 0 Å². The molecule has 0 saturated carbocycles. The van der Waals surface area contributed by atoms with Gasteiger partial charge in [0.2, 0.25) is 0 Å². The van der Waals surface area contributed by atoms with Crippen LogP contribution in [0.15, 0.2) is 0 Å². The molecule has 0 aliphatic carbocycles. The number of hydrogen-bond donors (Lipinski definition) is 0. The van der Waals surface area contributed by atoms with Crippen LogP contribution >= 0.6 is 5.24 Å². The molecule has 0 spiro atoms. The van der Waals surface area contributed by atoms with Crippen molar-refractivity contribution in [2.75, 3.05) is 0 Å². The van der Waals surface area contributed by atoms with Gasteiger partial charge >= 0.3 is 0 Å². The van der Waals surface area contributed by atoms with Crippen molar-refractivity contribution in [1.29, 1.82) is 10.5 Å². The van der Waals surface area contributed by atoms with Crippen LogP contribution in [0.2, 0.25) is 0 Å². The van der Waals surface area contributed by atoms with Gasteiger partial charge in [0.1, 0.15) is 0 Å². The number of rotatable bonds is 0. The summed E-state index contributed by atoms with van der Waals surface area (Å²) in [6.45, 7) is 0. The minimum atomic E-state index is -2.63. The van der Waals surface area contributed by atoms with Crippen molar-refractivity contribution >= 4 is 29.3 Å². The van der Waals surface area contributed by atoms with Gasteiger partial charge in [0.05, 0.1) is 11.6 Å². The normalized spacial score (nSPS) is 9.00. The summed E-state index contributed by atoms with van der Waals surface area (Å²) in [4.78, 5) is 0. The molecule has 0 heterocycles. The molecule has 0 N–H and O–H groups in total. The highest BCUT2D eigenvalue weighted by atomic mass is 32.9. The zero-order chi connectivity index (χ0) is 5.91. The minimum Gasteiger partial charge on any atom is -0.718 e. The van der Waals surface area contributed by atoms with Crippen molar-refractivity contribution in [3.8, 4) is 11.6 Å². The monoisotopic (exact) mass is 147 g/mol. The highest BCUT2D eigenvalue weighted by Crippen LogP contribution is 2.38. The molecule has 0 aromatic heterocycles. The Labute approximate surface area is 51.9 Å². The summed E-state index contributed by atoms with van der Waals surface area (Å²) >= 11 is 8.70. The number of nitrogens with zero attached hydrogens (tertiary/aromatic N) is 2. The Balaban J connectivity index is 4.34. The van der Waals surface area contributed by atoms with Crippen molar-refractivity contribution in [2.45, 2.75) is 0 Å². The Morgan fingerprint density at radius 2 is 1.71 bits per heavy atom. The molecule has 2 nitrogen and oxygen atoms in total. The Hall–Kier alpha value is -0.0200. The molecular weight excluding hydrogens is 147 g/mol. The van der Waals surface area contributed by atoms with E-state index >= 15 is 0 Å². The average molecular weight is 147 g/mol. The lowest BCUT2D eigenvalue weighted by molar-refractivity contribution is 1.55. The predicted molar refractivity (Wildman–Crippen MR) is 32.9 cm³/mol. The molecule has 0 aromatic rings. The van der Waals surface area contributed by atoms with Crippen LogP contribution in [0.5, 0.6) is 0 Å². The van der Waals surface area contributed by atoms with E-state index in [1.165, 1.54) is 0 Å². The molecule has 0 saturated heterocycles. The smallest absolute Gasteiger partial charge is 0.0872 e. The second-order valence-corrected chi connectivity index (χ2v) is 6.23. The lowest BCUT2D eigenvalue weighted by atomic mass is 11.8. The first kappa shape index (κ1) is 6.98. The lowest BCUT2D eigenvalue weighted by Crippen LogP contribution is -1.57. The van der Waals surface area contributed by atoms with Crippen LogP contribution in [0, 0.1) is 22.1 Å². The van der Waals surface area contributed by atoms with E-state index in [0.29, 0.717) is 0 Å². The Bertz CT molecular complexity index is 167. The molecule has 36 valence electrons. The van der Waals surface area contributed by atoms with Crippen molar-refractivity contribution in [3.05, 3.63) is 0 Å². The molecular formula is C2N2PS2-. The minimum absolute atomic E-state index is 1.57. The van der Waals surface area contributed by atoms with Gasteiger partial charge in [0.25, 0.3) is 0 Å². The maximum atomic E-state index is 7.96. The van der Waals surface area contributed by atoms with Gasteiger partial charge in [0, 0.05) is 5.24 Å². The molecule has 0 aliphatic heterocycles. The Morgan fingerprint density at radius 3 is 1.71 bits per heavy atom. The van der Waals surface area contributed by atoms with E-state index in [-0.39, 0.29) is 0 Å². The quantitative estimate of drug-likeness (QED) is 0.377. The molecule has 0 rings (SSSR count). The van der Waals surface area contributed by atoms with Gasteiger partial charge in [0.15, 0.2) is 0 Å². The Kier molecular flexibility index (Phi) is 2.32. The van der Waals surface area contributed by atoms with E-state index < -0.39 is 5.24 Å². The summed E-state index contributed by atoms with van der Waals surface area (Å²) in [5.41, 5.74) is 0. The molecule has 0 atom stereocenters. The first-order valence-electron chi connectivity index (χ1n) is 1.26. The summed E-state index contributed by atoms with van der Waals surface area (Å²) in [6.07, 6.45) is 0. The largest absolute Gasteiger partial charge is 0.718 e. The molecule has 0 unspecified atom stereocenters. The van der Waals surface area contributed by atoms with Crippen molar-refractivity contribution in [2.24, 2.45) is 0 Å². The van der Waals surface area contributed by atoms with Crippen LogP contribution in [0.3, 0.4) is 0 Å². The van der Waals surface area contributed by atoms with Gasteiger partial charge in [-0.15, -0.1) is 0 Å². The van der Waals surface area contributed by atoms with Crippen LogP contribution in [0.1, 0.15) is 0 Å². The fraction of sp³-hybridized carbons (Fsp3) is 0. The second kappa shape index (κ2) is 2.33. The van der Waals surface area contributed by atoms with Crippen molar-refractivity contribution in [1.82, 2.24) is 0 Å². The topological polar surface area (TPSA) is 47.6 Å². The summed E-state index contributed by atoms with van der Waals surface area (Å²) in [6, 6.07) is 0. The van der Waals surface area contributed by atoms with Gasteiger partial charge in [-0.1, -0.05) is 11.8 Å². The van der Waals surface area contributed by atoms with Gasteiger partial charge in [-0.3, -0.25) is 0 Å². The SMILES string of the molecule is N#CP(=S)([S-])C#N. The van der Waals surface area contributed by atoms with Gasteiger partial charge < -0.3 is 12.2 Å². The highest BCUT2D eigenvalue weighted by molar-refractivity contribution is 8.58. The van der Waals surface area contributed by atoms with Crippen molar-refractivity contribution < 1.29 is 0 Å². The van der Waals surface area contributed by atoms with Crippen LogP contribution < -0.4 is 0 Å². The van der Waals surface area contributed by atoms with E-state index in [0.717, 1.165) is 0 Å². The van der Waals surface area contributed by atoms with Crippen LogP contribution in [0.4, 0.5) is 0 Å². The third-order valence-corrected chi connectivity index (χ3v) is 1.77. The van der Waals surface area contributed by atoms with E-state index in [4.69, 9.17) is 10.5 Å². The fourth-order valence-corrected chi connectivity index (χ4v) is 0.0671. The third-order valence-electron chi connectivity index (χ3n) is 0.263. The first-order chi connectivity index (χ1) is 3.12. The van der Waals surface area contributed by atoms with Gasteiger partial charge in [-0.25, -0.2) is 0 Å². The molecule has 0 aliphatic rings. The van der Waals surface area contributed by atoms with Gasteiger partial charge in [-0.05, 0) is 0 Å². The van der Waals surface area contributed by atoms with Crippen LogP contribution in [-0.4, -0.2) is 0 Å². The van der Waals surface area contributed by atoms with E-state index in [2.05, 4.69) is 24.1 Å². The maximum Gasteiger partial charge on any atom is 0.0872 e. The van der Waals surface area contributed by atoms with E-state index in [1.807, 2.05) is 0 Å². The summed E-state index contributed by atoms with van der Waals surface area (Å²) in [5.74, 6) is 3.14. The molecule has 0 bridgehead atoms. The first-order valence-corrected chi connectivity index (χ1v) is 5.08. The Morgan fingerprint density at radius 1 is 1.43 bits per heavy atom. The van der Waals surface area contributed by atoms with Crippen LogP contribution in [0.25, 0.3) is 0 Å².